The van der Waals surface area contributed by atoms with Crippen molar-refractivity contribution in [2.45, 2.75) is 12.6 Å². The topological polar surface area (TPSA) is 89.5 Å². The molecular formula is C28H25N3O4. The Kier molecular flexibility index (Phi) is 7.70. The molecule has 0 unspecified atom stereocenters. The Morgan fingerprint density at radius 3 is 2.11 bits per heavy atom. The second-order valence-corrected chi connectivity index (χ2v) is 7.65. The Morgan fingerprint density at radius 1 is 0.857 bits per heavy atom. The number of amides is 2. The summed E-state index contributed by atoms with van der Waals surface area (Å²) in [5.41, 5.74) is 3.23. The molecule has 7 heteroatoms. The van der Waals surface area contributed by atoms with Crippen molar-refractivity contribution >= 4 is 17.7 Å². The van der Waals surface area contributed by atoms with Gasteiger partial charge in [0, 0.05) is 11.9 Å². The molecule has 3 aromatic carbocycles. The van der Waals surface area contributed by atoms with Gasteiger partial charge in [0.05, 0.1) is 19.3 Å². The summed E-state index contributed by atoms with van der Waals surface area (Å²) in [5.74, 6) is -0.230. The number of anilines is 1. The molecule has 0 saturated carbocycles. The van der Waals surface area contributed by atoms with Crippen molar-refractivity contribution in [1.82, 2.24) is 10.3 Å². The van der Waals surface area contributed by atoms with Crippen molar-refractivity contribution in [3.8, 4) is 5.75 Å². The monoisotopic (exact) mass is 467 g/mol. The summed E-state index contributed by atoms with van der Waals surface area (Å²) >= 11 is 0. The van der Waals surface area contributed by atoms with Gasteiger partial charge in [0.2, 0.25) is 0 Å². The van der Waals surface area contributed by atoms with Crippen molar-refractivity contribution < 1.29 is 19.1 Å². The highest BCUT2D eigenvalue weighted by atomic mass is 16.5. The lowest BCUT2D eigenvalue weighted by molar-refractivity contribution is 0.0594. The zero-order chi connectivity index (χ0) is 24.5. The normalized spacial score (nSPS) is 10.5. The predicted molar refractivity (Wildman–Crippen MR) is 133 cm³/mol. The molecule has 35 heavy (non-hydrogen) atoms. The second-order valence-electron chi connectivity index (χ2n) is 7.65. The van der Waals surface area contributed by atoms with Crippen LogP contribution in [0.25, 0.3) is 0 Å². The highest BCUT2D eigenvalue weighted by Crippen LogP contribution is 2.32. The molecule has 2 amide bonds. The molecule has 0 atom stereocenters. The Hall–Kier alpha value is -4.65. The van der Waals surface area contributed by atoms with E-state index < -0.39 is 18.1 Å². The van der Waals surface area contributed by atoms with Gasteiger partial charge in [-0.15, -0.1) is 0 Å². The van der Waals surface area contributed by atoms with Gasteiger partial charge in [-0.25, -0.2) is 9.59 Å². The smallest absolute Gasteiger partial charge is 0.341 e. The quantitative estimate of drug-likeness (QED) is 0.341. The summed E-state index contributed by atoms with van der Waals surface area (Å²) in [5, 5.41) is 5.47. The summed E-state index contributed by atoms with van der Waals surface area (Å²) in [6.07, 6.45) is 1.22. The molecule has 4 aromatic rings. The number of urea groups is 1. The van der Waals surface area contributed by atoms with Crippen LogP contribution in [0.2, 0.25) is 0 Å². The van der Waals surface area contributed by atoms with E-state index in [-0.39, 0.29) is 12.1 Å². The summed E-state index contributed by atoms with van der Waals surface area (Å²) < 4.78 is 11.3. The van der Waals surface area contributed by atoms with Crippen molar-refractivity contribution in [3.63, 3.8) is 0 Å². The third-order valence-corrected chi connectivity index (χ3v) is 5.25. The number of nitrogens with one attached hydrogen (secondary N) is 2. The maximum Gasteiger partial charge on any atom is 0.341 e. The van der Waals surface area contributed by atoms with E-state index in [0.717, 1.165) is 16.8 Å². The number of benzene rings is 3. The highest BCUT2D eigenvalue weighted by Gasteiger charge is 2.21. The van der Waals surface area contributed by atoms with Crippen LogP contribution in [0.5, 0.6) is 5.75 Å². The molecule has 0 spiro atoms. The lowest BCUT2D eigenvalue weighted by atomic mass is 10.0. The van der Waals surface area contributed by atoms with Crippen molar-refractivity contribution in [3.05, 3.63) is 126 Å². The lowest BCUT2D eigenvalue weighted by Gasteiger charge is -2.22. The van der Waals surface area contributed by atoms with Crippen LogP contribution < -0.4 is 15.4 Å². The number of ether oxygens (including phenoxy) is 2. The van der Waals surface area contributed by atoms with E-state index in [0.29, 0.717) is 11.4 Å². The van der Waals surface area contributed by atoms with Crippen LogP contribution in [0.4, 0.5) is 10.5 Å². The SMILES string of the molecule is COC(=O)c1cc(NC(=O)NCc2ccccn2)ccc1OC(c1ccccc1)c1ccccc1. The molecule has 2 N–H and O–H groups in total. The Balaban J connectivity index is 1.56. The number of carbonyl (C=O) groups is 2. The van der Waals surface area contributed by atoms with Crippen LogP contribution in [0.3, 0.4) is 0 Å². The fourth-order valence-corrected chi connectivity index (χ4v) is 3.54. The van der Waals surface area contributed by atoms with Crippen LogP contribution in [-0.2, 0) is 11.3 Å². The molecule has 0 fully saturated rings. The highest BCUT2D eigenvalue weighted by molar-refractivity contribution is 5.96. The first kappa shape index (κ1) is 23.5. The molecule has 4 rings (SSSR count). The number of carbonyl (C=O) groups excluding carboxylic acids is 2. The lowest BCUT2D eigenvalue weighted by Crippen LogP contribution is -2.28. The van der Waals surface area contributed by atoms with E-state index in [1.165, 1.54) is 13.2 Å². The first-order valence-electron chi connectivity index (χ1n) is 11.1. The number of hydrogen-bond acceptors (Lipinski definition) is 5. The number of aromatic nitrogens is 1. The van der Waals surface area contributed by atoms with Gasteiger partial charge in [-0.1, -0.05) is 66.7 Å². The van der Waals surface area contributed by atoms with Crippen molar-refractivity contribution in [1.29, 1.82) is 0 Å². The fraction of sp³-hybridized carbons (Fsp3) is 0.107. The molecule has 0 bridgehead atoms. The van der Waals surface area contributed by atoms with Gasteiger partial charge in [0.1, 0.15) is 17.4 Å². The Morgan fingerprint density at radius 2 is 1.51 bits per heavy atom. The molecule has 1 heterocycles. The maximum absolute atomic E-state index is 12.6. The van der Waals surface area contributed by atoms with Crippen LogP contribution in [0, 0.1) is 0 Å². The van der Waals surface area contributed by atoms with E-state index in [4.69, 9.17) is 9.47 Å². The zero-order valence-electron chi connectivity index (χ0n) is 19.2. The largest absolute Gasteiger partial charge is 0.480 e. The average molecular weight is 468 g/mol. The first-order chi connectivity index (χ1) is 17.1. The minimum Gasteiger partial charge on any atom is -0.480 e. The molecule has 0 saturated heterocycles. The number of rotatable bonds is 8. The minimum absolute atomic E-state index is 0.201. The van der Waals surface area contributed by atoms with Crippen LogP contribution in [-0.4, -0.2) is 24.1 Å². The van der Waals surface area contributed by atoms with Crippen molar-refractivity contribution in [2.75, 3.05) is 12.4 Å². The number of hydrogen-bond donors (Lipinski definition) is 2. The molecule has 0 radical (unpaired) electrons. The molecular weight excluding hydrogens is 442 g/mol. The third kappa shape index (κ3) is 6.23. The van der Waals surface area contributed by atoms with E-state index in [1.807, 2.05) is 78.9 Å². The van der Waals surface area contributed by atoms with Gasteiger partial charge in [-0.2, -0.15) is 0 Å². The zero-order valence-corrected chi connectivity index (χ0v) is 19.2. The van der Waals surface area contributed by atoms with E-state index in [1.54, 1.807) is 18.3 Å². The molecule has 176 valence electrons. The summed E-state index contributed by atoms with van der Waals surface area (Å²) in [6.45, 7) is 0.271. The van der Waals surface area contributed by atoms with Crippen LogP contribution in [0.1, 0.15) is 33.3 Å². The van der Waals surface area contributed by atoms with E-state index >= 15 is 0 Å². The molecule has 0 aliphatic carbocycles. The third-order valence-electron chi connectivity index (χ3n) is 5.25. The van der Waals surface area contributed by atoms with Gasteiger partial charge < -0.3 is 20.1 Å². The number of nitrogens with zero attached hydrogens (tertiary/aromatic N) is 1. The van der Waals surface area contributed by atoms with Crippen LogP contribution in [0.15, 0.2) is 103 Å². The molecule has 1 aromatic heterocycles. The minimum atomic E-state index is -0.572. The molecule has 0 aliphatic rings. The standard InChI is InChI=1S/C28H25N3O4/c1-34-27(32)24-18-22(31-28(33)30-19-23-14-8-9-17-29-23)15-16-25(24)35-26(20-10-4-2-5-11-20)21-12-6-3-7-13-21/h2-18,26H,19H2,1H3,(H2,30,31,33). The number of pyridine rings is 1. The van der Waals surface area contributed by atoms with Gasteiger partial charge in [-0.3, -0.25) is 4.98 Å². The number of methoxy groups -OCH3 is 1. The second kappa shape index (κ2) is 11.5. The van der Waals surface area contributed by atoms with E-state index in [2.05, 4.69) is 15.6 Å². The predicted octanol–water partition coefficient (Wildman–Crippen LogP) is 5.36. The molecule has 7 nitrogen and oxygen atoms in total. The average Bonchev–Trinajstić information content (AvgIpc) is 2.92. The number of esters is 1. The van der Waals surface area contributed by atoms with Gasteiger partial charge in [0.25, 0.3) is 0 Å². The summed E-state index contributed by atoms with van der Waals surface area (Å²) in [6, 6.07) is 29.4. The molecule has 0 aliphatic heterocycles. The first-order valence-corrected chi connectivity index (χ1v) is 11.1. The van der Waals surface area contributed by atoms with Gasteiger partial charge in [-0.05, 0) is 41.5 Å². The summed E-state index contributed by atoms with van der Waals surface area (Å²) in [7, 11) is 1.30. The van der Waals surface area contributed by atoms with Gasteiger partial charge in [0.15, 0.2) is 0 Å². The fourth-order valence-electron chi connectivity index (χ4n) is 3.54. The Labute approximate surface area is 203 Å². The van der Waals surface area contributed by atoms with Crippen molar-refractivity contribution in [2.24, 2.45) is 0 Å². The van der Waals surface area contributed by atoms with E-state index in [9.17, 15) is 9.59 Å². The van der Waals surface area contributed by atoms with Gasteiger partial charge >= 0.3 is 12.0 Å². The summed E-state index contributed by atoms with van der Waals surface area (Å²) in [4.78, 5) is 29.1. The Bertz CT molecular complexity index is 1230. The van der Waals surface area contributed by atoms with Crippen LogP contribution >= 0.6 is 0 Å². The maximum atomic E-state index is 12.6.